The molecule has 0 aliphatic carbocycles. The number of sulfonamides is 1. The maximum absolute atomic E-state index is 13.3. The van der Waals surface area contributed by atoms with Crippen molar-refractivity contribution in [1.82, 2.24) is 4.72 Å². The van der Waals surface area contributed by atoms with Gasteiger partial charge in [-0.05, 0) is 60.9 Å². The van der Waals surface area contributed by atoms with Gasteiger partial charge in [-0.15, -0.1) is 0 Å². The van der Waals surface area contributed by atoms with Gasteiger partial charge in [0.25, 0.3) is 5.91 Å². The third kappa shape index (κ3) is 4.35. The van der Waals surface area contributed by atoms with E-state index >= 15 is 0 Å². The summed E-state index contributed by atoms with van der Waals surface area (Å²) in [7, 11) is -3.88. The van der Waals surface area contributed by atoms with Crippen molar-refractivity contribution in [2.45, 2.75) is 30.8 Å². The standard InChI is InChI=1S/C23H20ClFN2O3S/c1-15-11-18-8-7-16(12-22(18)27(15)23(28)17-5-3-2-4-6-17)14-26-31(29,30)19-9-10-21(25)20(24)13-19/h2-10,12-13,15,26H,11,14H2,1H3. The molecule has 1 heterocycles. The van der Waals surface area contributed by atoms with Crippen LogP contribution in [0.5, 0.6) is 0 Å². The fourth-order valence-corrected chi connectivity index (χ4v) is 4.99. The minimum Gasteiger partial charge on any atom is -0.305 e. The maximum atomic E-state index is 13.3. The van der Waals surface area contributed by atoms with Crippen LogP contribution in [-0.4, -0.2) is 20.4 Å². The fraction of sp³-hybridized carbons (Fsp3) is 0.174. The molecule has 0 radical (unpaired) electrons. The Balaban J connectivity index is 1.56. The van der Waals surface area contributed by atoms with Crippen molar-refractivity contribution in [1.29, 1.82) is 0 Å². The van der Waals surface area contributed by atoms with E-state index in [-0.39, 0.29) is 28.4 Å². The van der Waals surface area contributed by atoms with E-state index < -0.39 is 15.8 Å². The van der Waals surface area contributed by atoms with Crippen LogP contribution in [-0.2, 0) is 23.0 Å². The summed E-state index contributed by atoms with van der Waals surface area (Å²) in [6.45, 7) is 2.01. The molecule has 0 spiro atoms. The number of fused-ring (bicyclic) bond motifs is 1. The molecule has 1 unspecified atom stereocenters. The van der Waals surface area contributed by atoms with Gasteiger partial charge in [-0.25, -0.2) is 17.5 Å². The van der Waals surface area contributed by atoms with Gasteiger partial charge in [-0.1, -0.05) is 41.9 Å². The SMILES string of the molecule is CC1Cc2ccc(CNS(=O)(=O)c3ccc(F)c(Cl)c3)cc2N1C(=O)c1ccccc1. The lowest BCUT2D eigenvalue weighted by molar-refractivity contribution is 0.0981. The van der Waals surface area contributed by atoms with Gasteiger partial charge in [0.1, 0.15) is 5.82 Å². The first-order chi connectivity index (χ1) is 14.8. The quantitative estimate of drug-likeness (QED) is 0.610. The van der Waals surface area contributed by atoms with Crippen LogP contribution in [0.1, 0.15) is 28.4 Å². The predicted octanol–water partition coefficient (Wildman–Crippen LogP) is 4.55. The highest BCUT2D eigenvalue weighted by Crippen LogP contribution is 2.34. The Morgan fingerprint density at radius 2 is 1.87 bits per heavy atom. The van der Waals surface area contributed by atoms with Gasteiger partial charge >= 0.3 is 0 Å². The van der Waals surface area contributed by atoms with E-state index in [1.165, 1.54) is 0 Å². The van der Waals surface area contributed by atoms with Crippen molar-refractivity contribution in [2.75, 3.05) is 4.90 Å². The van der Waals surface area contributed by atoms with Crippen LogP contribution in [0, 0.1) is 5.82 Å². The van der Waals surface area contributed by atoms with E-state index in [0.29, 0.717) is 11.1 Å². The molecule has 1 N–H and O–H groups in total. The summed E-state index contributed by atoms with van der Waals surface area (Å²) in [6.07, 6.45) is 0.730. The van der Waals surface area contributed by atoms with Crippen LogP contribution in [0.3, 0.4) is 0 Å². The highest BCUT2D eigenvalue weighted by atomic mass is 35.5. The summed E-state index contributed by atoms with van der Waals surface area (Å²) in [5, 5.41) is -0.260. The van der Waals surface area contributed by atoms with Crippen molar-refractivity contribution in [3.63, 3.8) is 0 Å². The highest BCUT2D eigenvalue weighted by molar-refractivity contribution is 7.89. The maximum Gasteiger partial charge on any atom is 0.258 e. The van der Waals surface area contributed by atoms with E-state index in [1.807, 2.05) is 43.3 Å². The van der Waals surface area contributed by atoms with E-state index in [2.05, 4.69) is 4.72 Å². The first kappa shape index (κ1) is 21.5. The fourth-order valence-electron chi connectivity index (χ4n) is 3.70. The number of benzene rings is 3. The zero-order valence-electron chi connectivity index (χ0n) is 16.7. The molecule has 0 fully saturated rings. The second-order valence-electron chi connectivity index (χ2n) is 7.46. The van der Waals surface area contributed by atoms with Crippen molar-refractivity contribution in [3.8, 4) is 0 Å². The molecule has 1 aliphatic heterocycles. The molecule has 3 aromatic carbocycles. The third-order valence-electron chi connectivity index (χ3n) is 5.27. The van der Waals surface area contributed by atoms with Gasteiger partial charge in [0.15, 0.2) is 0 Å². The number of carbonyl (C=O) groups is 1. The average molecular weight is 459 g/mol. The number of halogens is 2. The summed E-state index contributed by atoms with van der Waals surface area (Å²) in [5.41, 5.74) is 3.12. The van der Waals surface area contributed by atoms with Gasteiger partial charge in [0.05, 0.1) is 9.92 Å². The summed E-state index contributed by atoms with van der Waals surface area (Å²) >= 11 is 5.71. The van der Waals surface area contributed by atoms with E-state index in [9.17, 15) is 17.6 Å². The topological polar surface area (TPSA) is 66.5 Å². The minimum absolute atomic E-state index is 0.00370. The Kier molecular flexibility index (Phi) is 5.83. The summed E-state index contributed by atoms with van der Waals surface area (Å²) < 4.78 is 41.0. The van der Waals surface area contributed by atoms with Gasteiger partial charge in [-0.2, -0.15) is 0 Å². The van der Waals surface area contributed by atoms with Crippen LogP contribution in [0.4, 0.5) is 10.1 Å². The molecule has 1 aliphatic rings. The first-order valence-electron chi connectivity index (χ1n) is 9.71. The smallest absolute Gasteiger partial charge is 0.258 e. The Bertz CT molecular complexity index is 1250. The molecule has 0 saturated heterocycles. The number of nitrogens with zero attached hydrogens (tertiary/aromatic N) is 1. The predicted molar refractivity (Wildman–Crippen MR) is 118 cm³/mol. The molecule has 0 aromatic heterocycles. The van der Waals surface area contributed by atoms with Crippen LogP contribution >= 0.6 is 11.6 Å². The number of rotatable bonds is 5. The largest absolute Gasteiger partial charge is 0.305 e. The molecular weight excluding hydrogens is 439 g/mol. The monoisotopic (exact) mass is 458 g/mol. The summed E-state index contributed by atoms with van der Waals surface area (Å²) in [4.78, 5) is 14.7. The van der Waals surface area contributed by atoms with Crippen molar-refractivity contribution in [3.05, 3.63) is 94.3 Å². The van der Waals surface area contributed by atoms with E-state index in [0.717, 1.165) is 35.9 Å². The lowest BCUT2D eigenvalue weighted by Crippen LogP contribution is -2.35. The normalized spacial score (nSPS) is 15.7. The van der Waals surface area contributed by atoms with Gasteiger partial charge < -0.3 is 4.90 Å². The molecule has 1 atom stereocenters. The molecule has 31 heavy (non-hydrogen) atoms. The molecule has 1 amide bonds. The Morgan fingerprint density at radius 3 is 2.58 bits per heavy atom. The van der Waals surface area contributed by atoms with E-state index in [1.54, 1.807) is 17.0 Å². The molecule has 3 aromatic rings. The van der Waals surface area contributed by atoms with E-state index in [4.69, 9.17) is 11.6 Å². The first-order valence-corrected chi connectivity index (χ1v) is 11.6. The van der Waals surface area contributed by atoms with Gasteiger partial charge in [0.2, 0.25) is 10.0 Å². The molecule has 0 saturated carbocycles. The Morgan fingerprint density at radius 1 is 1.13 bits per heavy atom. The Labute approximate surface area is 185 Å². The zero-order chi connectivity index (χ0) is 22.2. The number of anilines is 1. The van der Waals surface area contributed by atoms with Crippen molar-refractivity contribution in [2.24, 2.45) is 0 Å². The molecule has 8 heteroatoms. The van der Waals surface area contributed by atoms with Gasteiger partial charge in [0, 0.05) is 23.8 Å². The number of hydrogen-bond acceptors (Lipinski definition) is 3. The third-order valence-corrected chi connectivity index (χ3v) is 6.96. The zero-order valence-corrected chi connectivity index (χ0v) is 18.3. The summed E-state index contributed by atoms with van der Waals surface area (Å²) in [5.74, 6) is -0.776. The molecule has 4 rings (SSSR count). The van der Waals surface area contributed by atoms with Crippen LogP contribution in [0.15, 0.2) is 71.6 Å². The highest BCUT2D eigenvalue weighted by Gasteiger charge is 2.31. The van der Waals surface area contributed by atoms with Crippen LogP contribution < -0.4 is 9.62 Å². The number of carbonyl (C=O) groups excluding carboxylic acids is 1. The molecule has 0 bridgehead atoms. The second-order valence-corrected chi connectivity index (χ2v) is 9.63. The molecular formula is C23H20ClFN2O3S. The molecule has 5 nitrogen and oxygen atoms in total. The second kappa shape index (κ2) is 8.42. The summed E-state index contributed by atoms with van der Waals surface area (Å²) in [6, 6.07) is 17.9. The lowest BCUT2D eigenvalue weighted by Gasteiger charge is -2.23. The number of amides is 1. The van der Waals surface area contributed by atoms with Crippen molar-refractivity contribution >= 4 is 33.2 Å². The molecule has 160 valence electrons. The minimum atomic E-state index is -3.88. The number of hydrogen-bond donors (Lipinski definition) is 1. The lowest BCUT2D eigenvalue weighted by atomic mass is 10.1. The average Bonchev–Trinajstić information content (AvgIpc) is 3.09. The number of nitrogens with one attached hydrogen (secondary N) is 1. The van der Waals surface area contributed by atoms with Crippen LogP contribution in [0.2, 0.25) is 5.02 Å². The van der Waals surface area contributed by atoms with Crippen molar-refractivity contribution < 1.29 is 17.6 Å². The van der Waals surface area contributed by atoms with Gasteiger partial charge in [-0.3, -0.25) is 4.79 Å². The Hall–Kier alpha value is -2.74. The van der Waals surface area contributed by atoms with Crippen LogP contribution in [0.25, 0.3) is 0 Å².